The molecule has 0 atom stereocenters. The third kappa shape index (κ3) is 2.82. The normalized spacial score (nSPS) is 16.5. The fourth-order valence-corrected chi connectivity index (χ4v) is 2.54. The molecular weight excluding hydrogens is 246 g/mol. The molecule has 3 rings (SSSR count). The molecule has 3 heteroatoms. The summed E-state index contributed by atoms with van der Waals surface area (Å²) in [7, 11) is 0. The molecule has 0 spiro atoms. The first kappa shape index (κ1) is 12.7. The van der Waals surface area contributed by atoms with E-state index < -0.39 is 0 Å². The summed E-state index contributed by atoms with van der Waals surface area (Å²) >= 11 is 0. The maximum absolute atomic E-state index is 4.72. The predicted octanol–water partition coefficient (Wildman–Crippen LogP) is 3.75. The van der Waals surface area contributed by atoms with Gasteiger partial charge in [-0.25, -0.2) is 4.99 Å². The molecule has 0 saturated carbocycles. The Kier molecular flexibility index (Phi) is 3.42. The third-order valence-electron chi connectivity index (χ3n) is 3.37. The molecule has 0 aromatic heterocycles. The Bertz CT molecular complexity index is 612. The van der Waals surface area contributed by atoms with E-state index in [1.165, 1.54) is 16.8 Å². The van der Waals surface area contributed by atoms with Crippen molar-refractivity contribution in [3.63, 3.8) is 0 Å². The Balaban J connectivity index is 1.78. The Morgan fingerprint density at radius 2 is 1.70 bits per heavy atom. The average Bonchev–Trinajstić information content (AvgIpc) is 2.87. The van der Waals surface area contributed by atoms with Crippen molar-refractivity contribution in [1.82, 2.24) is 5.43 Å². The van der Waals surface area contributed by atoms with Crippen LogP contribution in [-0.2, 0) is 0 Å². The van der Waals surface area contributed by atoms with Gasteiger partial charge in [-0.1, -0.05) is 24.3 Å². The van der Waals surface area contributed by atoms with Crippen molar-refractivity contribution in [3.8, 4) is 0 Å². The van der Waals surface area contributed by atoms with Crippen LogP contribution in [0.2, 0.25) is 0 Å². The van der Waals surface area contributed by atoms with Crippen LogP contribution in [0.15, 0.2) is 53.5 Å². The quantitative estimate of drug-likeness (QED) is 0.895. The zero-order valence-corrected chi connectivity index (χ0v) is 11.9. The highest BCUT2D eigenvalue weighted by Crippen LogP contribution is 2.20. The highest BCUT2D eigenvalue weighted by Gasteiger charge is 2.17. The number of rotatable bonds is 2. The number of hydrazine groups is 1. The first-order valence-electron chi connectivity index (χ1n) is 6.96. The fraction of sp³-hybridized carbons (Fsp3) is 0.235. The van der Waals surface area contributed by atoms with Gasteiger partial charge in [0.05, 0.1) is 11.4 Å². The van der Waals surface area contributed by atoms with Crippen molar-refractivity contribution in [2.24, 2.45) is 4.99 Å². The number of benzene rings is 2. The lowest BCUT2D eigenvalue weighted by molar-refractivity contribution is 0.858. The zero-order chi connectivity index (χ0) is 13.9. The van der Waals surface area contributed by atoms with Crippen LogP contribution in [-0.4, -0.2) is 12.4 Å². The van der Waals surface area contributed by atoms with Crippen LogP contribution in [0.25, 0.3) is 0 Å². The highest BCUT2D eigenvalue weighted by atomic mass is 15.5. The molecule has 0 amide bonds. The largest absolute Gasteiger partial charge is 0.286 e. The van der Waals surface area contributed by atoms with Gasteiger partial charge in [0, 0.05) is 13.0 Å². The number of anilines is 1. The van der Waals surface area contributed by atoms with Crippen LogP contribution in [0.4, 0.5) is 11.4 Å². The van der Waals surface area contributed by atoms with E-state index in [-0.39, 0.29) is 0 Å². The fourth-order valence-electron chi connectivity index (χ4n) is 2.54. The Labute approximate surface area is 119 Å². The van der Waals surface area contributed by atoms with Gasteiger partial charge >= 0.3 is 0 Å². The monoisotopic (exact) mass is 265 g/mol. The summed E-state index contributed by atoms with van der Waals surface area (Å²) in [4.78, 5) is 4.72. The van der Waals surface area contributed by atoms with Gasteiger partial charge in [0.25, 0.3) is 0 Å². The van der Waals surface area contributed by atoms with Gasteiger partial charge in [-0.2, -0.15) is 0 Å². The molecule has 102 valence electrons. The zero-order valence-electron chi connectivity index (χ0n) is 11.9. The predicted molar refractivity (Wildman–Crippen MR) is 84.6 cm³/mol. The van der Waals surface area contributed by atoms with Crippen molar-refractivity contribution < 1.29 is 0 Å². The molecule has 1 aliphatic heterocycles. The first-order chi connectivity index (χ1) is 9.70. The van der Waals surface area contributed by atoms with Gasteiger partial charge in [0.2, 0.25) is 0 Å². The number of aryl methyl sites for hydroxylation is 2. The van der Waals surface area contributed by atoms with E-state index in [1.54, 1.807) is 0 Å². The molecule has 1 heterocycles. The molecule has 0 bridgehead atoms. The average molecular weight is 265 g/mol. The minimum atomic E-state index is 0.946. The molecule has 0 radical (unpaired) electrons. The molecular formula is C17H19N3. The second kappa shape index (κ2) is 5.37. The summed E-state index contributed by atoms with van der Waals surface area (Å²) in [5, 5.41) is 2.14. The van der Waals surface area contributed by atoms with E-state index >= 15 is 0 Å². The van der Waals surface area contributed by atoms with E-state index in [2.05, 4.69) is 66.7 Å². The first-order valence-corrected chi connectivity index (χ1v) is 6.96. The summed E-state index contributed by atoms with van der Waals surface area (Å²) in [5.74, 6) is 1.03. The molecule has 3 nitrogen and oxygen atoms in total. The van der Waals surface area contributed by atoms with Gasteiger partial charge in [-0.15, -0.1) is 0 Å². The maximum atomic E-state index is 4.72. The van der Waals surface area contributed by atoms with Gasteiger partial charge in [0.15, 0.2) is 0 Å². The van der Waals surface area contributed by atoms with Gasteiger partial charge in [-0.05, 0) is 49.2 Å². The summed E-state index contributed by atoms with van der Waals surface area (Å²) in [6.07, 6.45) is 0.946. The number of aliphatic imine (C=N–C) groups is 1. The van der Waals surface area contributed by atoms with E-state index in [9.17, 15) is 0 Å². The van der Waals surface area contributed by atoms with E-state index in [0.29, 0.717) is 0 Å². The Hall–Kier alpha value is -2.29. The number of amidine groups is 1. The maximum Gasteiger partial charge on any atom is 0.123 e. The minimum Gasteiger partial charge on any atom is -0.286 e. The van der Waals surface area contributed by atoms with E-state index in [0.717, 1.165) is 24.5 Å². The lowest BCUT2D eigenvalue weighted by Gasteiger charge is -2.17. The van der Waals surface area contributed by atoms with Gasteiger partial charge < -0.3 is 0 Å². The summed E-state index contributed by atoms with van der Waals surface area (Å²) in [6.45, 7) is 5.16. The number of nitrogens with one attached hydrogen (secondary N) is 1. The van der Waals surface area contributed by atoms with E-state index in [1.807, 2.05) is 6.07 Å². The molecule has 2 aromatic rings. The molecule has 1 fully saturated rings. The van der Waals surface area contributed by atoms with Crippen molar-refractivity contribution >= 4 is 17.2 Å². The summed E-state index contributed by atoms with van der Waals surface area (Å²) in [5.41, 5.74) is 8.09. The lowest BCUT2D eigenvalue weighted by Crippen LogP contribution is -2.32. The Morgan fingerprint density at radius 1 is 1.00 bits per heavy atom. The van der Waals surface area contributed by atoms with Crippen molar-refractivity contribution in [2.75, 3.05) is 11.6 Å². The standard InChI is InChI=1S/C17H19N3/c1-13-10-14(2)12-15(11-13)18-17-8-9-20(19-17)16-6-4-3-5-7-16/h3-7,10-12H,8-9H2,1-2H3,(H,18,19). The van der Waals surface area contributed by atoms with Crippen LogP contribution in [0, 0.1) is 13.8 Å². The van der Waals surface area contributed by atoms with Crippen LogP contribution < -0.4 is 10.4 Å². The second-order valence-corrected chi connectivity index (χ2v) is 5.25. The SMILES string of the molecule is Cc1cc(C)cc(N=C2CCN(c3ccccc3)N2)c1. The van der Waals surface area contributed by atoms with Crippen LogP contribution >= 0.6 is 0 Å². The van der Waals surface area contributed by atoms with Crippen molar-refractivity contribution in [2.45, 2.75) is 20.3 Å². The minimum absolute atomic E-state index is 0.946. The van der Waals surface area contributed by atoms with E-state index in [4.69, 9.17) is 4.99 Å². The molecule has 1 saturated heterocycles. The Morgan fingerprint density at radius 3 is 2.40 bits per heavy atom. The topological polar surface area (TPSA) is 27.6 Å². The van der Waals surface area contributed by atoms with Crippen LogP contribution in [0.5, 0.6) is 0 Å². The van der Waals surface area contributed by atoms with Crippen molar-refractivity contribution in [3.05, 3.63) is 59.7 Å². The van der Waals surface area contributed by atoms with Crippen molar-refractivity contribution in [1.29, 1.82) is 0 Å². The molecule has 2 aromatic carbocycles. The number of hydrogen-bond donors (Lipinski definition) is 1. The van der Waals surface area contributed by atoms with Crippen LogP contribution in [0.3, 0.4) is 0 Å². The lowest BCUT2D eigenvalue weighted by atomic mass is 10.1. The molecule has 0 unspecified atom stereocenters. The number of para-hydroxylation sites is 1. The number of nitrogens with zero attached hydrogens (tertiary/aromatic N) is 2. The van der Waals surface area contributed by atoms with Gasteiger partial charge in [0.1, 0.15) is 5.84 Å². The summed E-state index contributed by atoms with van der Waals surface area (Å²) in [6, 6.07) is 16.7. The molecule has 1 N–H and O–H groups in total. The third-order valence-corrected chi connectivity index (χ3v) is 3.37. The second-order valence-electron chi connectivity index (χ2n) is 5.25. The van der Waals surface area contributed by atoms with Crippen LogP contribution in [0.1, 0.15) is 17.5 Å². The van der Waals surface area contributed by atoms with Gasteiger partial charge in [-0.3, -0.25) is 10.4 Å². The molecule has 0 aliphatic carbocycles. The number of hydrogen-bond acceptors (Lipinski definition) is 2. The smallest absolute Gasteiger partial charge is 0.123 e. The molecule has 1 aliphatic rings. The highest BCUT2D eigenvalue weighted by molar-refractivity contribution is 5.89. The molecule has 20 heavy (non-hydrogen) atoms. The summed E-state index contributed by atoms with van der Waals surface area (Å²) < 4.78 is 0.